The van der Waals surface area contributed by atoms with Crippen LogP contribution in [0.3, 0.4) is 0 Å². The quantitative estimate of drug-likeness (QED) is 0.0169. The van der Waals surface area contributed by atoms with Gasteiger partial charge in [0.15, 0.2) is 12.2 Å². The summed E-state index contributed by atoms with van der Waals surface area (Å²) in [5, 5.41) is 10.6. The summed E-state index contributed by atoms with van der Waals surface area (Å²) in [6.07, 6.45) is 90.3. The van der Waals surface area contributed by atoms with E-state index >= 15 is 0 Å². The van der Waals surface area contributed by atoms with Crippen molar-refractivity contribution >= 4 is 39.5 Å². The maximum Gasteiger partial charge on any atom is 0.472 e. The van der Waals surface area contributed by atoms with Gasteiger partial charge < -0.3 is 33.8 Å². The molecular formula is C85H136O17P2. The normalized spacial score (nSPS) is 14.9. The van der Waals surface area contributed by atoms with Crippen LogP contribution in [0.4, 0.5) is 0 Å². The first kappa shape index (κ1) is 98.2. The Hall–Kier alpha value is -5.84. The van der Waals surface area contributed by atoms with Crippen molar-refractivity contribution in [2.45, 2.75) is 290 Å². The average molecular weight is 1490 g/mol. The van der Waals surface area contributed by atoms with Crippen molar-refractivity contribution in [2.75, 3.05) is 39.6 Å². The molecule has 588 valence electrons. The van der Waals surface area contributed by atoms with Crippen molar-refractivity contribution in [3.05, 3.63) is 182 Å². The first-order chi connectivity index (χ1) is 50.7. The molecule has 5 atom stereocenters. The number of allylic oxidation sites excluding steroid dienone is 30. The Kier molecular flexibility index (Phi) is 71.2. The number of aliphatic hydroxyl groups is 1. The molecule has 0 amide bonds. The Bertz CT molecular complexity index is 2690. The lowest BCUT2D eigenvalue weighted by Crippen LogP contribution is -2.30. The van der Waals surface area contributed by atoms with E-state index in [4.69, 9.17) is 37.0 Å². The fourth-order valence-corrected chi connectivity index (χ4v) is 11.1. The highest BCUT2D eigenvalue weighted by Crippen LogP contribution is 2.45. The number of phosphoric ester groups is 2. The smallest absolute Gasteiger partial charge is 0.462 e. The number of ether oxygens (including phenoxy) is 4. The second-order valence-electron chi connectivity index (χ2n) is 25.1. The molecule has 0 heterocycles. The molecule has 19 heteroatoms. The van der Waals surface area contributed by atoms with Crippen LogP contribution in [0.1, 0.15) is 272 Å². The van der Waals surface area contributed by atoms with Crippen LogP contribution < -0.4 is 0 Å². The van der Waals surface area contributed by atoms with Crippen LogP contribution in [0.5, 0.6) is 0 Å². The first-order valence-electron chi connectivity index (χ1n) is 39.0. The molecule has 0 radical (unpaired) electrons. The minimum atomic E-state index is -5.01. The highest BCUT2D eigenvalue weighted by Gasteiger charge is 2.30. The Morgan fingerprint density at radius 1 is 0.279 bits per heavy atom. The van der Waals surface area contributed by atoms with Crippen molar-refractivity contribution < 1.29 is 80.2 Å². The molecule has 0 aromatic heterocycles. The van der Waals surface area contributed by atoms with E-state index in [2.05, 4.69) is 198 Å². The van der Waals surface area contributed by atoms with Crippen LogP contribution in [-0.4, -0.2) is 96.7 Å². The van der Waals surface area contributed by atoms with Gasteiger partial charge in [0, 0.05) is 25.7 Å². The number of carbonyl (C=O) groups excluding carboxylic acids is 4. The molecule has 104 heavy (non-hydrogen) atoms. The predicted molar refractivity (Wildman–Crippen MR) is 426 cm³/mol. The summed E-state index contributed by atoms with van der Waals surface area (Å²) in [7, 11) is -10.0. The lowest BCUT2D eigenvalue weighted by atomic mass is 10.1. The third-order valence-corrected chi connectivity index (χ3v) is 17.2. The van der Waals surface area contributed by atoms with E-state index < -0.39 is 97.5 Å². The molecule has 0 spiro atoms. The molecule has 0 rings (SSSR count). The lowest BCUT2D eigenvalue weighted by Gasteiger charge is -2.21. The van der Waals surface area contributed by atoms with E-state index in [0.29, 0.717) is 32.1 Å². The maximum absolute atomic E-state index is 13.1. The van der Waals surface area contributed by atoms with Gasteiger partial charge in [-0.2, -0.15) is 0 Å². The van der Waals surface area contributed by atoms with Crippen molar-refractivity contribution in [1.82, 2.24) is 0 Å². The fraction of sp³-hybridized carbons (Fsp3) is 0.600. The van der Waals surface area contributed by atoms with Gasteiger partial charge in [-0.15, -0.1) is 0 Å². The van der Waals surface area contributed by atoms with Gasteiger partial charge in [-0.3, -0.25) is 37.3 Å². The van der Waals surface area contributed by atoms with Crippen LogP contribution >= 0.6 is 15.6 Å². The summed E-state index contributed by atoms with van der Waals surface area (Å²) >= 11 is 0. The zero-order valence-electron chi connectivity index (χ0n) is 64.1. The molecular weight excluding hydrogens is 1350 g/mol. The zero-order chi connectivity index (χ0) is 76.0. The summed E-state index contributed by atoms with van der Waals surface area (Å²) in [5.74, 6) is -2.34. The number of rotatable bonds is 71. The van der Waals surface area contributed by atoms with Crippen molar-refractivity contribution in [1.29, 1.82) is 0 Å². The minimum Gasteiger partial charge on any atom is -0.462 e. The Balaban J connectivity index is 5.46. The molecule has 0 aliphatic heterocycles. The summed E-state index contributed by atoms with van der Waals surface area (Å²) in [4.78, 5) is 72.9. The average Bonchev–Trinajstić information content (AvgIpc) is 0.931. The largest absolute Gasteiger partial charge is 0.472 e. The number of carbonyl (C=O) groups is 4. The SMILES string of the molecule is CC/C=C\C/C=C\C/C=C\C/C=C\C/C=C\CCCCCC(=O)OCC(COP(=O)(O)OCC(O)COP(=O)(O)OCC(COC(=O)CCC/C=C\C/C=C\C/C=C\C/C=C\C/C=C\CC)OC(=O)CCCCCC/C=C\C/C=C\C/C=C\C/C=C\CC)OC(=O)CCCCCCC/C=C\CCCC. The highest BCUT2D eigenvalue weighted by molar-refractivity contribution is 7.47. The van der Waals surface area contributed by atoms with Gasteiger partial charge in [0.25, 0.3) is 0 Å². The van der Waals surface area contributed by atoms with Crippen LogP contribution in [0.15, 0.2) is 182 Å². The Labute approximate surface area is 628 Å². The topological polar surface area (TPSA) is 237 Å². The van der Waals surface area contributed by atoms with Gasteiger partial charge in [-0.05, 0) is 167 Å². The molecule has 0 saturated carbocycles. The molecule has 3 N–H and O–H groups in total. The first-order valence-corrected chi connectivity index (χ1v) is 42.0. The monoisotopic (exact) mass is 1490 g/mol. The zero-order valence-corrected chi connectivity index (χ0v) is 65.9. The van der Waals surface area contributed by atoms with Crippen LogP contribution in [0, 0.1) is 0 Å². The molecule has 17 nitrogen and oxygen atoms in total. The molecule has 0 bridgehead atoms. The van der Waals surface area contributed by atoms with E-state index in [1.165, 1.54) is 6.42 Å². The van der Waals surface area contributed by atoms with Crippen LogP contribution in [0.25, 0.3) is 0 Å². The molecule has 5 unspecified atom stereocenters. The van der Waals surface area contributed by atoms with Crippen LogP contribution in [0.2, 0.25) is 0 Å². The molecule has 0 fully saturated rings. The maximum atomic E-state index is 13.1. The third-order valence-electron chi connectivity index (χ3n) is 15.3. The number of hydrogen-bond acceptors (Lipinski definition) is 15. The Morgan fingerprint density at radius 3 is 0.827 bits per heavy atom. The minimum absolute atomic E-state index is 0.0468. The molecule has 0 aliphatic rings. The number of esters is 4. The summed E-state index contributed by atoms with van der Waals surface area (Å²) in [6, 6.07) is 0. The molecule has 0 aromatic carbocycles. The van der Waals surface area contributed by atoms with Gasteiger partial charge in [0.2, 0.25) is 0 Å². The van der Waals surface area contributed by atoms with E-state index in [-0.39, 0.29) is 25.7 Å². The van der Waals surface area contributed by atoms with Gasteiger partial charge in [-0.25, -0.2) is 9.13 Å². The van der Waals surface area contributed by atoms with Crippen molar-refractivity contribution in [3.63, 3.8) is 0 Å². The molecule has 0 aromatic rings. The van der Waals surface area contributed by atoms with Crippen LogP contribution in [-0.2, 0) is 65.4 Å². The number of unbranched alkanes of at least 4 members (excludes halogenated alkanes) is 15. The van der Waals surface area contributed by atoms with E-state index in [0.717, 1.165) is 180 Å². The van der Waals surface area contributed by atoms with Gasteiger partial charge in [-0.1, -0.05) is 261 Å². The van der Waals surface area contributed by atoms with Crippen molar-refractivity contribution in [3.8, 4) is 0 Å². The van der Waals surface area contributed by atoms with Gasteiger partial charge in [0.05, 0.1) is 26.4 Å². The summed E-state index contributed by atoms with van der Waals surface area (Å²) in [6.45, 7) is 4.32. The van der Waals surface area contributed by atoms with E-state index in [1.807, 2.05) is 12.2 Å². The highest BCUT2D eigenvalue weighted by atomic mass is 31.2. The summed E-state index contributed by atoms with van der Waals surface area (Å²) < 4.78 is 68.4. The summed E-state index contributed by atoms with van der Waals surface area (Å²) in [5.41, 5.74) is 0. The second kappa shape index (κ2) is 75.4. The lowest BCUT2D eigenvalue weighted by molar-refractivity contribution is -0.161. The van der Waals surface area contributed by atoms with Gasteiger partial charge >= 0.3 is 39.5 Å². The Morgan fingerprint density at radius 2 is 0.510 bits per heavy atom. The standard InChI is InChI=1S/C85H136O17P2/c1-5-9-13-17-21-25-29-32-35-38-39-42-44-47-51-54-58-62-66-70-82(87)95-75-80(101-84(89)71-67-63-59-55-49-28-24-20-16-12-8-4)77-99-103(91,92)97-73-79(86)74-98-104(93,94)100-78-81(102-85(90)72-68-64-60-56-52-48-45-41-37-34-31-27-23-19-15-11-7-3)76-96-83(88)69-65-61-57-53-50-46-43-40-36-33-30-26-22-18-14-10-6-2/h9-11,13-15,20-27,32-37,39,42-43,45-48,51,53,57,79-81,86H,5-8,12,16-19,28-31,38,40-41,44,49-50,52,54-56,58-78H2,1-4H3,(H,91,92)(H,93,94)/b13-9-,14-10-,15-11-,24-20-,25-21-,26-22-,27-23-,35-32-,36-33-,37-34-,42-39-,46-43-,48-45-,51-47-,57-53-. The number of phosphoric acid groups is 2. The third kappa shape index (κ3) is 74.4. The number of hydrogen-bond donors (Lipinski definition) is 3. The molecule has 0 aliphatic carbocycles. The second-order valence-corrected chi connectivity index (χ2v) is 28.1. The fourth-order valence-electron chi connectivity index (χ4n) is 9.49. The van der Waals surface area contributed by atoms with Gasteiger partial charge in [0.1, 0.15) is 19.3 Å². The van der Waals surface area contributed by atoms with Crippen molar-refractivity contribution in [2.24, 2.45) is 0 Å². The van der Waals surface area contributed by atoms with E-state index in [1.54, 1.807) is 0 Å². The molecule has 0 saturated heterocycles. The van der Waals surface area contributed by atoms with E-state index in [9.17, 15) is 43.2 Å². The predicted octanol–water partition coefficient (Wildman–Crippen LogP) is 22.8. The number of aliphatic hydroxyl groups excluding tert-OH is 1.